The molecule has 0 aromatic heterocycles. The van der Waals surface area contributed by atoms with Crippen molar-refractivity contribution in [3.63, 3.8) is 0 Å². The normalized spacial score (nSPS) is 33.9. The van der Waals surface area contributed by atoms with Crippen LogP contribution in [-0.4, -0.2) is 44.4 Å². The third-order valence-electron chi connectivity index (χ3n) is 7.52. The van der Waals surface area contributed by atoms with Gasteiger partial charge in [0.15, 0.2) is 0 Å². The van der Waals surface area contributed by atoms with E-state index in [2.05, 4.69) is 48.3 Å². The Hall–Kier alpha value is -1.59. The summed E-state index contributed by atoms with van der Waals surface area (Å²) in [6.45, 7) is 7.34. The van der Waals surface area contributed by atoms with E-state index < -0.39 is 0 Å². The van der Waals surface area contributed by atoms with Crippen molar-refractivity contribution in [1.82, 2.24) is 5.32 Å². The van der Waals surface area contributed by atoms with Crippen LogP contribution in [0.25, 0.3) is 0 Å². The van der Waals surface area contributed by atoms with E-state index in [9.17, 15) is 4.79 Å². The average molecular weight is 415 g/mol. The van der Waals surface area contributed by atoms with Crippen LogP contribution in [0.5, 0.6) is 0 Å². The standard InChI is InChI=1S/C25H38N2O3/c1-18-6-11-21-22(16-18)30-23(17-25(21,2)26-24(28)12-15-29-3)19-7-9-20(10-8-19)27-13-4-5-14-27/h7-10,18,21-23H,4-6,11-17H2,1-3H3,(H,26,28)/t18-,21-,22-,23-,25-/m1/s1. The zero-order chi connectivity index (χ0) is 21.1. The minimum absolute atomic E-state index is 0.0249. The fourth-order valence-corrected chi connectivity index (χ4v) is 5.79. The van der Waals surface area contributed by atoms with E-state index in [-0.39, 0.29) is 23.7 Å². The van der Waals surface area contributed by atoms with Gasteiger partial charge in [-0.2, -0.15) is 0 Å². The molecule has 3 aliphatic rings. The molecule has 1 aromatic carbocycles. The number of carbonyl (C=O) groups is 1. The second-order valence-corrected chi connectivity index (χ2v) is 9.89. The first-order chi connectivity index (χ1) is 14.5. The van der Waals surface area contributed by atoms with Crippen LogP contribution in [0.1, 0.15) is 70.5 Å². The Kier molecular flexibility index (Phi) is 6.69. The lowest BCUT2D eigenvalue weighted by atomic mass is 9.66. The number of hydrogen-bond donors (Lipinski definition) is 1. The van der Waals surface area contributed by atoms with Gasteiger partial charge in [0.1, 0.15) is 0 Å². The van der Waals surface area contributed by atoms with Crippen LogP contribution in [0, 0.1) is 11.8 Å². The molecule has 1 amide bonds. The number of hydrogen-bond acceptors (Lipinski definition) is 4. The number of ether oxygens (including phenoxy) is 2. The summed E-state index contributed by atoms with van der Waals surface area (Å²) >= 11 is 0. The number of carbonyl (C=O) groups excluding carboxylic acids is 1. The molecule has 0 spiro atoms. The van der Waals surface area contributed by atoms with Crippen molar-refractivity contribution in [3.05, 3.63) is 29.8 Å². The molecule has 5 atom stereocenters. The minimum Gasteiger partial charge on any atom is -0.384 e. The lowest BCUT2D eigenvalue weighted by Gasteiger charge is -2.52. The Morgan fingerprint density at radius 2 is 1.97 bits per heavy atom. The minimum atomic E-state index is -0.244. The van der Waals surface area contributed by atoms with E-state index in [0.717, 1.165) is 32.4 Å². The number of nitrogens with one attached hydrogen (secondary N) is 1. The first kappa shape index (κ1) is 21.6. The quantitative estimate of drug-likeness (QED) is 0.746. The van der Waals surface area contributed by atoms with Crippen LogP contribution < -0.4 is 10.2 Å². The smallest absolute Gasteiger partial charge is 0.222 e. The van der Waals surface area contributed by atoms with Gasteiger partial charge in [-0.25, -0.2) is 0 Å². The number of amides is 1. The molecule has 5 nitrogen and oxygen atoms in total. The molecule has 166 valence electrons. The maximum absolute atomic E-state index is 12.6. The van der Waals surface area contributed by atoms with Crippen molar-refractivity contribution < 1.29 is 14.3 Å². The van der Waals surface area contributed by atoms with Gasteiger partial charge in [0.25, 0.3) is 0 Å². The number of anilines is 1. The van der Waals surface area contributed by atoms with Crippen molar-refractivity contribution in [2.75, 3.05) is 31.7 Å². The molecular weight excluding hydrogens is 376 g/mol. The van der Waals surface area contributed by atoms with E-state index in [4.69, 9.17) is 9.47 Å². The first-order valence-corrected chi connectivity index (χ1v) is 11.8. The molecule has 0 unspecified atom stereocenters. The predicted molar refractivity (Wildman–Crippen MR) is 120 cm³/mol. The van der Waals surface area contributed by atoms with E-state index in [1.807, 2.05) is 0 Å². The molecule has 0 radical (unpaired) electrons. The second kappa shape index (κ2) is 9.27. The molecule has 1 N–H and O–H groups in total. The monoisotopic (exact) mass is 414 g/mol. The molecular formula is C25H38N2O3. The van der Waals surface area contributed by atoms with Crippen molar-refractivity contribution in [1.29, 1.82) is 0 Å². The third-order valence-corrected chi connectivity index (χ3v) is 7.52. The molecule has 2 heterocycles. The van der Waals surface area contributed by atoms with E-state index >= 15 is 0 Å². The van der Waals surface area contributed by atoms with E-state index in [1.54, 1.807) is 7.11 Å². The molecule has 1 saturated carbocycles. The van der Waals surface area contributed by atoms with Gasteiger partial charge in [0, 0.05) is 50.2 Å². The summed E-state index contributed by atoms with van der Waals surface area (Å²) in [6, 6.07) is 8.96. The highest BCUT2D eigenvalue weighted by molar-refractivity contribution is 5.77. The fraction of sp³-hybridized carbons (Fsp3) is 0.720. The Balaban J connectivity index is 1.52. The van der Waals surface area contributed by atoms with Gasteiger partial charge in [-0.05, 0) is 56.2 Å². The van der Waals surface area contributed by atoms with Gasteiger partial charge in [-0.15, -0.1) is 0 Å². The maximum Gasteiger partial charge on any atom is 0.222 e. The summed E-state index contributed by atoms with van der Waals surface area (Å²) in [7, 11) is 1.64. The van der Waals surface area contributed by atoms with Crippen LogP contribution in [0.4, 0.5) is 5.69 Å². The van der Waals surface area contributed by atoms with Gasteiger partial charge < -0.3 is 19.7 Å². The van der Waals surface area contributed by atoms with Crippen LogP contribution in [0.15, 0.2) is 24.3 Å². The molecule has 1 aromatic rings. The van der Waals surface area contributed by atoms with Gasteiger partial charge in [-0.1, -0.05) is 25.5 Å². The zero-order valence-electron chi connectivity index (χ0n) is 18.9. The second-order valence-electron chi connectivity index (χ2n) is 9.89. The third kappa shape index (κ3) is 4.67. The van der Waals surface area contributed by atoms with Crippen molar-refractivity contribution in [2.45, 2.75) is 76.5 Å². The number of fused-ring (bicyclic) bond motifs is 1. The van der Waals surface area contributed by atoms with E-state index in [1.165, 1.54) is 30.5 Å². The Bertz CT molecular complexity index is 716. The summed E-state index contributed by atoms with van der Waals surface area (Å²) in [5.74, 6) is 1.14. The van der Waals surface area contributed by atoms with Crippen molar-refractivity contribution >= 4 is 11.6 Å². The first-order valence-electron chi connectivity index (χ1n) is 11.8. The summed E-state index contributed by atoms with van der Waals surface area (Å²) < 4.78 is 11.8. The van der Waals surface area contributed by atoms with Crippen LogP contribution in [-0.2, 0) is 14.3 Å². The summed E-state index contributed by atoms with van der Waals surface area (Å²) in [5, 5.41) is 3.39. The highest BCUT2D eigenvalue weighted by Crippen LogP contribution is 2.48. The number of benzene rings is 1. The van der Waals surface area contributed by atoms with Gasteiger partial charge in [0.2, 0.25) is 5.91 Å². The number of nitrogens with zero attached hydrogens (tertiary/aromatic N) is 1. The Labute approximate surface area is 181 Å². The average Bonchev–Trinajstić information content (AvgIpc) is 3.26. The lowest BCUT2D eigenvalue weighted by molar-refractivity contribution is -0.154. The SMILES string of the molecule is COCCC(=O)N[C@]1(C)C[C@H](c2ccc(N3CCCC3)cc2)O[C@@H]2C[C@H](C)CC[C@H]21. The molecule has 1 aliphatic carbocycles. The van der Waals surface area contributed by atoms with Crippen LogP contribution in [0.2, 0.25) is 0 Å². The highest BCUT2D eigenvalue weighted by atomic mass is 16.5. The van der Waals surface area contributed by atoms with Gasteiger partial charge in [-0.3, -0.25) is 4.79 Å². The number of rotatable bonds is 6. The van der Waals surface area contributed by atoms with Gasteiger partial charge in [0.05, 0.1) is 18.8 Å². The van der Waals surface area contributed by atoms with Crippen molar-refractivity contribution in [3.8, 4) is 0 Å². The molecule has 30 heavy (non-hydrogen) atoms. The topological polar surface area (TPSA) is 50.8 Å². The Morgan fingerprint density at radius 3 is 2.67 bits per heavy atom. The summed E-state index contributed by atoms with van der Waals surface area (Å²) in [6.07, 6.45) is 7.45. The van der Waals surface area contributed by atoms with Crippen LogP contribution >= 0.6 is 0 Å². The summed E-state index contributed by atoms with van der Waals surface area (Å²) in [5.41, 5.74) is 2.30. The molecule has 2 aliphatic heterocycles. The molecule has 0 bridgehead atoms. The number of methoxy groups -OCH3 is 1. The van der Waals surface area contributed by atoms with E-state index in [0.29, 0.717) is 24.9 Å². The molecule has 4 rings (SSSR count). The predicted octanol–water partition coefficient (Wildman–Crippen LogP) is 4.46. The fourth-order valence-electron chi connectivity index (χ4n) is 5.79. The van der Waals surface area contributed by atoms with Crippen LogP contribution in [0.3, 0.4) is 0 Å². The Morgan fingerprint density at radius 1 is 1.23 bits per heavy atom. The zero-order valence-corrected chi connectivity index (χ0v) is 18.9. The largest absolute Gasteiger partial charge is 0.384 e. The lowest BCUT2D eigenvalue weighted by Crippen LogP contribution is -2.60. The van der Waals surface area contributed by atoms with Gasteiger partial charge >= 0.3 is 0 Å². The highest BCUT2D eigenvalue weighted by Gasteiger charge is 2.49. The molecule has 3 fully saturated rings. The molecule has 2 saturated heterocycles. The summed E-state index contributed by atoms with van der Waals surface area (Å²) in [4.78, 5) is 15.1. The van der Waals surface area contributed by atoms with Crippen molar-refractivity contribution in [2.24, 2.45) is 11.8 Å². The molecule has 5 heteroatoms. The maximum atomic E-state index is 12.6.